The first-order chi connectivity index (χ1) is 4.31. The minimum atomic E-state index is -0.684. The molecule has 0 spiro atoms. The zero-order valence-corrected chi connectivity index (χ0v) is 6.50. The predicted octanol–water partition coefficient (Wildman–Crippen LogP) is 0.317. The molecule has 9 heavy (non-hydrogen) atoms. The van der Waals surface area contributed by atoms with E-state index in [1.807, 2.05) is 6.92 Å². The third kappa shape index (κ3) is 6.19. The van der Waals surface area contributed by atoms with E-state index in [0.717, 1.165) is 6.42 Å². The van der Waals surface area contributed by atoms with E-state index in [-0.39, 0.29) is 15.4 Å². The molecular weight excluding hydrogens is 139 g/mol. The van der Waals surface area contributed by atoms with Crippen LogP contribution in [0.4, 0.5) is 0 Å². The van der Waals surface area contributed by atoms with Crippen molar-refractivity contribution in [3.05, 3.63) is 0 Å². The second kappa shape index (κ2) is 6.43. The van der Waals surface area contributed by atoms with Gasteiger partial charge in [0.05, 0.1) is 13.2 Å². The molecule has 0 bridgehead atoms. The lowest BCUT2D eigenvalue weighted by Gasteiger charge is -2.05. The van der Waals surface area contributed by atoms with Crippen molar-refractivity contribution in [3.8, 4) is 0 Å². The fourth-order valence-corrected chi connectivity index (χ4v) is 0.883. The first-order valence-electron chi connectivity index (χ1n) is 2.97. The summed E-state index contributed by atoms with van der Waals surface area (Å²) < 4.78 is 4.95. The van der Waals surface area contributed by atoms with Gasteiger partial charge in [-0.3, -0.25) is 0 Å². The lowest BCUT2D eigenvalue weighted by Crippen LogP contribution is -2.04. The maximum atomic E-state index is 8.72. The van der Waals surface area contributed by atoms with Gasteiger partial charge in [-0.1, -0.05) is 6.92 Å². The van der Waals surface area contributed by atoms with Crippen LogP contribution in [0.15, 0.2) is 0 Å². The van der Waals surface area contributed by atoms with Gasteiger partial charge in [0, 0.05) is 8.81 Å². The van der Waals surface area contributed by atoms with E-state index in [1.165, 1.54) is 0 Å². The summed E-state index contributed by atoms with van der Waals surface area (Å²) >= 11 is 0. The lowest BCUT2D eigenvalue weighted by molar-refractivity contribution is 0.148. The summed E-state index contributed by atoms with van der Waals surface area (Å²) in [6, 6.07) is 0. The Bertz CT molecular complexity index is 60.2. The van der Waals surface area contributed by atoms with E-state index in [4.69, 9.17) is 14.7 Å². The van der Waals surface area contributed by atoms with E-state index in [1.54, 1.807) is 0 Å². The topological polar surface area (TPSA) is 49.7 Å². The summed E-state index contributed by atoms with van der Waals surface area (Å²) in [5.41, 5.74) is 0. The van der Waals surface area contributed by atoms with Gasteiger partial charge in [0.25, 0.3) is 0 Å². The second-order valence-electron chi connectivity index (χ2n) is 1.66. The van der Waals surface area contributed by atoms with Crippen molar-refractivity contribution in [3.63, 3.8) is 0 Å². The smallest absolute Gasteiger partial charge is 0.118 e. The van der Waals surface area contributed by atoms with Gasteiger partial charge in [-0.05, 0) is 6.42 Å². The zero-order chi connectivity index (χ0) is 7.11. The highest BCUT2D eigenvalue weighted by atomic mass is 31.1. The monoisotopic (exact) mass is 152 g/mol. The molecule has 2 N–H and O–H groups in total. The molecule has 3 nitrogen and oxygen atoms in total. The Morgan fingerprint density at radius 2 is 2.33 bits per heavy atom. The van der Waals surface area contributed by atoms with Crippen molar-refractivity contribution >= 4 is 8.81 Å². The molecule has 0 radical (unpaired) electrons. The molecule has 0 aromatic carbocycles. The van der Waals surface area contributed by atoms with Gasteiger partial charge >= 0.3 is 0 Å². The standard InChI is InChI=1S/C5H13O3P/c1-2-3-8-9-5(7)4-6/h5-7,9H,2-4H2,1H3. The maximum absolute atomic E-state index is 8.72. The average Bonchev–Trinajstić information content (AvgIpc) is 1.89. The minimum absolute atomic E-state index is 0.0184. The molecule has 0 amide bonds. The summed E-state index contributed by atoms with van der Waals surface area (Å²) in [4.78, 5) is 0. The Morgan fingerprint density at radius 3 is 2.78 bits per heavy atom. The van der Waals surface area contributed by atoms with Crippen molar-refractivity contribution in [1.29, 1.82) is 0 Å². The van der Waals surface area contributed by atoms with Crippen molar-refractivity contribution in [1.82, 2.24) is 0 Å². The fourth-order valence-electron chi connectivity index (χ4n) is 0.294. The molecule has 56 valence electrons. The first kappa shape index (κ1) is 9.31. The molecule has 0 heterocycles. The van der Waals surface area contributed by atoms with Crippen LogP contribution < -0.4 is 0 Å². The Labute approximate surface area is 56.9 Å². The van der Waals surface area contributed by atoms with Crippen LogP contribution in [0.2, 0.25) is 0 Å². The quantitative estimate of drug-likeness (QED) is 0.440. The summed E-state index contributed by atoms with van der Waals surface area (Å²) in [5, 5.41) is 17.0. The molecule has 2 unspecified atom stereocenters. The van der Waals surface area contributed by atoms with E-state index >= 15 is 0 Å². The van der Waals surface area contributed by atoms with Gasteiger partial charge in [-0.2, -0.15) is 0 Å². The number of hydrogen-bond donors (Lipinski definition) is 2. The highest BCUT2D eigenvalue weighted by molar-refractivity contribution is 7.32. The van der Waals surface area contributed by atoms with Crippen LogP contribution in [0.3, 0.4) is 0 Å². The third-order valence-corrected chi connectivity index (χ3v) is 1.52. The van der Waals surface area contributed by atoms with Crippen molar-refractivity contribution in [2.75, 3.05) is 13.2 Å². The molecule has 0 aliphatic carbocycles. The van der Waals surface area contributed by atoms with Gasteiger partial charge in [0.2, 0.25) is 0 Å². The number of aliphatic hydroxyl groups excluding tert-OH is 2. The molecule has 4 heteroatoms. The fraction of sp³-hybridized carbons (Fsp3) is 1.00. The van der Waals surface area contributed by atoms with Crippen molar-refractivity contribution < 1.29 is 14.7 Å². The van der Waals surface area contributed by atoms with E-state index < -0.39 is 5.85 Å². The Kier molecular flexibility index (Phi) is 6.65. The van der Waals surface area contributed by atoms with Gasteiger partial charge in [-0.15, -0.1) is 0 Å². The SMILES string of the molecule is CCCOPC(O)CO. The Morgan fingerprint density at radius 1 is 1.67 bits per heavy atom. The molecule has 0 rings (SSSR count). The van der Waals surface area contributed by atoms with E-state index in [2.05, 4.69) is 0 Å². The number of aliphatic hydroxyl groups is 2. The highest BCUT2D eigenvalue weighted by Gasteiger charge is 1.99. The second-order valence-corrected chi connectivity index (χ2v) is 2.86. The maximum Gasteiger partial charge on any atom is 0.118 e. The molecule has 2 atom stereocenters. The van der Waals surface area contributed by atoms with Gasteiger partial charge < -0.3 is 14.7 Å². The summed E-state index contributed by atoms with van der Waals surface area (Å²) in [6.07, 6.45) is 0.950. The van der Waals surface area contributed by atoms with E-state index in [9.17, 15) is 0 Å². The Balaban J connectivity index is 2.88. The van der Waals surface area contributed by atoms with Gasteiger partial charge in [0.1, 0.15) is 5.85 Å². The molecule has 0 aromatic heterocycles. The van der Waals surface area contributed by atoms with E-state index in [0.29, 0.717) is 6.61 Å². The lowest BCUT2D eigenvalue weighted by atomic mass is 10.5. The molecule has 0 aliphatic heterocycles. The molecule has 0 saturated carbocycles. The van der Waals surface area contributed by atoms with Crippen LogP contribution in [0, 0.1) is 0 Å². The zero-order valence-electron chi connectivity index (χ0n) is 5.50. The summed E-state index contributed by atoms with van der Waals surface area (Å²) in [5.74, 6) is -0.684. The van der Waals surface area contributed by atoms with Crippen LogP contribution in [0.1, 0.15) is 13.3 Å². The molecule has 0 aliphatic rings. The van der Waals surface area contributed by atoms with Crippen LogP contribution >= 0.6 is 8.81 Å². The van der Waals surface area contributed by atoms with Crippen LogP contribution in [-0.2, 0) is 4.52 Å². The summed E-state index contributed by atoms with van der Waals surface area (Å²) in [6.45, 7) is 2.45. The largest absolute Gasteiger partial charge is 0.393 e. The number of hydrogen-bond acceptors (Lipinski definition) is 3. The molecule has 0 fully saturated rings. The van der Waals surface area contributed by atoms with Crippen molar-refractivity contribution in [2.24, 2.45) is 0 Å². The van der Waals surface area contributed by atoms with Crippen LogP contribution in [0.25, 0.3) is 0 Å². The first-order valence-corrected chi connectivity index (χ1v) is 3.96. The highest BCUT2D eigenvalue weighted by Crippen LogP contribution is 2.16. The minimum Gasteiger partial charge on any atom is -0.393 e. The molecule has 0 saturated heterocycles. The normalized spacial score (nSPS) is 15.0. The third-order valence-electron chi connectivity index (χ3n) is 0.698. The molecular formula is C5H13O3P. The van der Waals surface area contributed by atoms with Gasteiger partial charge in [-0.25, -0.2) is 0 Å². The van der Waals surface area contributed by atoms with Crippen molar-refractivity contribution in [2.45, 2.75) is 19.2 Å². The van der Waals surface area contributed by atoms with Gasteiger partial charge in [0.15, 0.2) is 0 Å². The average molecular weight is 152 g/mol. The van der Waals surface area contributed by atoms with Crippen LogP contribution in [0.5, 0.6) is 0 Å². The van der Waals surface area contributed by atoms with Crippen LogP contribution in [-0.4, -0.2) is 29.3 Å². The predicted molar refractivity (Wildman–Crippen MR) is 37.7 cm³/mol. The summed E-state index contributed by atoms with van der Waals surface area (Å²) in [7, 11) is 0.0184. The number of rotatable bonds is 5. The molecule has 0 aromatic rings. The Hall–Kier alpha value is 0.310.